The van der Waals surface area contributed by atoms with E-state index in [9.17, 15) is 0 Å². The summed E-state index contributed by atoms with van der Waals surface area (Å²) in [6, 6.07) is 4.23. The van der Waals surface area contributed by atoms with Gasteiger partial charge in [0, 0.05) is 30.8 Å². The molecule has 0 radical (unpaired) electrons. The molecule has 5 heteroatoms. The maximum Gasteiger partial charge on any atom is 0.125 e. The van der Waals surface area contributed by atoms with Crippen molar-refractivity contribution >= 4 is 15.9 Å². The molecule has 0 aliphatic rings. The summed E-state index contributed by atoms with van der Waals surface area (Å²) < 4.78 is 17.4. The van der Waals surface area contributed by atoms with Gasteiger partial charge in [-0.05, 0) is 49.9 Å². The molecule has 0 saturated carbocycles. The van der Waals surface area contributed by atoms with Gasteiger partial charge in [-0.1, -0.05) is 15.9 Å². The molecule has 0 heterocycles. The topological polar surface area (TPSA) is 53.7 Å². The highest BCUT2D eigenvalue weighted by Crippen LogP contribution is 2.29. The monoisotopic (exact) mass is 359 g/mol. The van der Waals surface area contributed by atoms with Gasteiger partial charge in [0.05, 0.1) is 6.61 Å². The van der Waals surface area contributed by atoms with Crippen LogP contribution in [-0.2, 0) is 15.9 Å². The molecule has 21 heavy (non-hydrogen) atoms. The molecule has 0 spiro atoms. The minimum atomic E-state index is 0.103. The zero-order chi connectivity index (χ0) is 15.7. The van der Waals surface area contributed by atoms with Gasteiger partial charge in [-0.25, -0.2) is 0 Å². The van der Waals surface area contributed by atoms with Gasteiger partial charge in [-0.15, -0.1) is 0 Å². The van der Waals surface area contributed by atoms with Gasteiger partial charge in [0.2, 0.25) is 0 Å². The Morgan fingerprint density at radius 3 is 2.62 bits per heavy atom. The molecule has 0 saturated heterocycles. The van der Waals surface area contributed by atoms with Gasteiger partial charge in [0.1, 0.15) is 12.4 Å². The van der Waals surface area contributed by atoms with Crippen molar-refractivity contribution in [2.24, 2.45) is 5.73 Å². The van der Waals surface area contributed by atoms with E-state index in [1.54, 1.807) is 7.11 Å². The van der Waals surface area contributed by atoms with Crippen molar-refractivity contribution in [3.8, 4) is 5.75 Å². The first-order valence-corrected chi connectivity index (χ1v) is 8.08. The number of hydrogen-bond acceptors (Lipinski definition) is 4. The van der Waals surface area contributed by atoms with Crippen molar-refractivity contribution in [2.45, 2.75) is 32.7 Å². The summed E-state index contributed by atoms with van der Waals surface area (Å²) in [6.07, 6.45) is 1.70. The van der Waals surface area contributed by atoms with Gasteiger partial charge in [-0.2, -0.15) is 0 Å². The van der Waals surface area contributed by atoms with Crippen LogP contribution in [-0.4, -0.2) is 39.6 Å². The molecular formula is C16H26BrNO3. The van der Waals surface area contributed by atoms with Crippen molar-refractivity contribution in [1.29, 1.82) is 0 Å². The number of halogens is 1. The van der Waals surface area contributed by atoms with Crippen molar-refractivity contribution < 1.29 is 14.2 Å². The largest absolute Gasteiger partial charge is 0.491 e. The zero-order valence-corrected chi connectivity index (χ0v) is 14.7. The molecule has 0 aliphatic carbocycles. The van der Waals surface area contributed by atoms with Crippen LogP contribution in [0.1, 0.15) is 24.5 Å². The fourth-order valence-electron chi connectivity index (χ4n) is 2.11. The molecule has 0 amide bonds. The van der Waals surface area contributed by atoms with Gasteiger partial charge < -0.3 is 19.9 Å². The Morgan fingerprint density at radius 2 is 1.95 bits per heavy atom. The Labute approximate surface area is 136 Å². The van der Waals surface area contributed by atoms with Crippen molar-refractivity contribution in [2.75, 3.05) is 33.5 Å². The third kappa shape index (κ3) is 7.27. The van der Waals surface area contributed by atoms with E-state index in [4.69, 9.17) is 19.9 Å². The predicted octanol–water partition coefficient (Wildman–Crippen LogP) is 3.08. The number of rotatable bonds is 10. The number of aryl methyl sites for hydroxylation is 1. The third-order valence-corrected chi connectivity index (χ3v) is 3.43. The minimum absolute atomic E-state index is 0.103. The molecule has 1 aromatic carbocycles. The quantitative estimate of drug-likeness (QED) is 0.652. The first kappa shape index (κ1) is 18.4. The molecule has 0 fully saturated rings. The molecule has 0 aromatic heterocycles. The van der Waals surface area contributed by atoms with Crippen LogP contribution in [0.5, 0.6) is 5.75 Å². The number of ether oxygens (including phenoxy) is 3. The van der Waals surface area contributed by atoms with E-state index in [-0.39, 0.29) is 6.04 Å². The van der Waals surface area contributed by atoms with Crippen LogP contribution < -0.4 is 10.5 Å². The summed E-state index contributed by atoms with van der Waals surface area (Å²) in [5.74, 6) is 0.927. The minimum Gasteiger partial charge on any atom is -0.491 e. The van der Waals surface area contributed by atoms with E-state index in [0.29, 0.717) is 19.8 Å². The molecule has 2 N–H and O–H groups in total. The lowest BCUT2D eigenvalue weighted by atomic mass is 10.0. The highest BCUT2D eigenvalue weighted by molar-refractivity contribution is 9.10. The number of hydrogen-bond donors (Lipinski definition) is 1. The molecule has 1 rings (SSSR count). The summed E-state index contributed by atoms with van der Waals surface area (Å²) in [5.41, 5.74) is 8.15. The summed E-state index contributed by atoms with van der Waals surface area (Å²) in [4.78, 5) is 0. The molecule has 4 nitrogen and oxygen atoms in total. The second-order valence-electron chi connectivity index (χ2n) is 5.20. The molecule has 120 valence electrons. The van der Waals surface area contributed by atoms with Crippen LogP contribution in [0, 0.1) is 6.92 Å². The molecule has 0 bridgehead atoms. The SMILES string of the molecule is COCCCOCCOc1c(C)cc(Br)cc1CC(C)N. The fourth-order valence-corrected chi connectivity index (χ4v) is 2.73. The Morgan fingerprint density at radius 1 is 1.19 bits per heavy atom. The Bertz CT molecular complexity index is 424. The normalized spacial score (nSPS) is 12.4. The van der Waals surface area contributed by atoms with E-state index in [0.717, 1.165) is 40.8 Å². The fraction of sp³-hybridized carbons (Fsp3) is 0.625. The summed E-state index contributed by atoms with van der Waals surface area (Å²) in [6.45, 7) is 6.59. The van der Waals surface area contributed by atoms with Crippen molar-refractivity contribution in [1.82, 2.24) is 0 Å². The average Bonchev–Trinajstić information content (AvgIpc) is 2.39. The standard InChI is InChI=1S/C16H26BrNO3/c1-12-9-15(17)11-14(10-13(2)18)16(12)21-8-7-20-6-4-5-19-3/h9,11,13H,4-8,10,18H2,1-3H3. The Hall–Kier alpha value is -0.620. The summed E-state index contributed by atoms with van der Waals surface area (Å²) in [5, 5.41) is 0. The highest BCUT2D eigenvalue weighted by Gasteiger charge is 2.11. The van der Waals surface area contributed by atoms with Gasteiger partial charge in [0.15, 0.2) is 0 Å². The molecule has 1 unspecified atom stereocenters. The van der Waals surface area contributed by atoms with Gasteiger partial charge in [-0.3, -0.25) is 0 Å². The number of nitrogens with two attached hydrogens (primary N) is 1. The summed E-state index contributed by atoms with van der Waals surface area (Å²) in [7, 11) is 1.69. The number of benzene rings is 1. The molecule has 1 aromatic rings. The smallest absolute Gasteiger partial charge is 0.125 e. The first-order chi connectivity index (χ1) is 10.0. The van der Waals surface area contributed by atoms with E-state index >= 15 is 0 Å². The second-order valence-corrected chi connectivity index (χ2v) is 6.12. The third-order valence-electron chi connectivity index (χ3n) is 2.97. The maximum atomic E-state index is 5.91. The lowest BCUT2D eigenvalue weighted by Crippen LogP contribution is -2.19. The lowest BCUT2D eigenvalue weighted by molar-refractivity contribution is 0.0802. The van der Waals surface area contributed by atoms with E-state index in [2.05, 4.69) is 28.1 Å². The predicted molar refractivity (Wildman–Crippen MR) is 89.0 cm³/mol. The first-order valence-electron chi connectivity index (χ1n) is 7.28. The summed E-state index contributed by atoms with van der Waals surface area (Å²) >= 11 is 3.52. The highest BCUT2D eigenvalue weighted by atomic mass is 79.9. The second kappa shape index (κ2) is 10.2. The van der Waals surface area contributed by atoms with E-state index in [1.807, 2.05) is 13.8 Å². The molecule has 1 atom stereocenters. The van der Waals surface area contributed by atoms with Gasteiger partial charge >= 0.3 is 0 Å². The van der Waals surface area contributed by atoms with E-state index in [1.165, 1.54) is 0 Å². The Kier molecular flexibility index (Phi) is 8.92. The van der Waals surface area contributed by atoms with E-state index < -0.39 is 0 Å². The van der Waals surface area contributed by atoms with Crippen molar-refractivity contribution in [3.63, 3.8) is 0 Å². The van der Waals surface area contributed by atoms with Crippen LogP contribution in [0.2, 0.25) is 0 Å². The molecule has 0 aliphatic heterocycles. The van der Waals surface area contributed by atoms with Crippen LogP contribution in [0.25, 0.3) is 0 Å². The zero-order valence-electron chi connectivity index (χ0n) is 13.2. The lowest BCUT2D eigenvalue weighted by Gasteiger charge is -2.16. The van der Waals surface area contributed by atoms with Crippen molar-refractivity contribution in [3.05, 3.63) is 27.7 Å². The van der Waals surface area contributed by atoms with Crippen LogP contribution in [0.15, 0.2) is 16.6 Å². The van der Waals surface area contributed by atoms with Crippen LogP contribution >= 0.6 is 15.9 Å². The van der Waals surface area contributed by atoms with Crippen LogP contribution in [0.3, 0.4) is 0 Å². The van der Waals surface area contributed by atoms with Crippen LogP contribution in [0.4, 0.5) is 0 Å². The Balaban J connectivity index is 2.49. The number of methoxy groups -OCH3 is 1. The molecular weight excluding hydrogens is 334 g/mol. The average molecular weight is 360 g/mol. The maximum absolute atomic E-state index is 5.91. The van der Waals surface area contributed by atoms with Gasteiger partial charge in [0.25, 0.3) is 0 Å².